The van der Waals surface area contributed by atoms with Crippen LogP contribution in [0.2, 0.25) is 0 Å². The van der Waals surface area contributed by atoms with Crippen LogP contribution in [0.25, 0.3) is 0 Å². The second-order valence-corrected chi connectivity index (χ2v) is 4.43. The van der Waals surface area contributed by atoms with Crippen LogP contribution < -0.4 is 4.90 Å². The molecule has 0 aliphatic rings. The summed E-state index contributed by atoms with van der Waals surface area (Å²) in [7, 11) is 1.92. The Kier molecular flexibility index (Phi) is 4.15. The van der Waals surface area contributed by atoms with Gasteiger partial charge in [0, 0.05) is 19.3 Å². The van der Waals surface area contributed by atoms with Crippen LogP contribution in [0, 0.1) is 17.1 Å². The lowest BCUT2D eigenvalue weighted by Crippen LogP contribution is -2.20. The Morgan fingerprint density at radius 3 is 2.53 bits per heavy atom. The van der Waals surface area contributed by atoms with Crippen molar-refractivity contribution in [3.05, 3.63) is 65.5 Å². The molecule has 0 unspecified atom stereocenters. The maximum Gasteiger partial charge on any atom is 0.143 e. The van der Waals surface area contributed by atoms with Gasteiger partial charge in [-0.3, -0.25) is 0 Å². The van der Waals surface area contributed by atoms with Crippen LogP contribution in [0.15, 0.2) is 48.5 Å². The molecule has 0 saturated heterocycles. The van der Waals surface area contributed by atoms with Gasteiger partial charge in [-0.15, -0.1) is 0 Å². The fourth-order valence-corrected chi connectivity index (χ4v) is 1.90. The van der Waals surface area contributed by atoms with E-state index in [1.165, 1.54) is 17.7 Å². The molecule has 0 radical (unpaired) electrons. The molecule has 0 fully saturated rings. The average Bonchev–Trinajstić information content (AvgIpc) is 2.45. The number of nitrogens with zero attached hydrogens (tertiary/aromatic N) is 2. The number of likely N-dealkylation sites (N-methyl/N-ethyl adjacent to an activating group) is 1. The smallest absolute Gasteiger partial charge is 0.143 e. The molecule has 2 aromatic rings. The van der Waals surface area contributed by atoms with Gasteiger partial charge >= 0.3 is 0 Å². The van der Waals surface area contributed by atoms with Crippen molar-refractivity contribution in [1.29, 1.82) is 5.26 Å². The zero-order valence-corrected chi connectivity index (χ0v) is 10.8. The highest BCUT2D eigenvalue weighted by molar-refractivity contribution is 5.50. The SMILES string of the molecule is CN(CCc1ccccc1)c1ccc(C#N)c(F)c1. The van der Waals surface area contributed by atoms with Crippen molar-refractivity contribution in [3.63, 3.8) is 0 Å². The normalized spacial score (nSPS) is 9.95. The van der Waals surface area contributed by atoms with E-state index in [0.29, 0.717) is 0 Å². The van der Waals surface area contributed by atoms with Gasteiger partial charge in [-0.1, -0.05) is 30.3 Å². The standard InChI is InChI=1S/C16H15FN2/c1-19(10-9-13-5-3-2-4-6-13)15-8-7-14(12-18)16(17)11-15/h2-8,11H,9-10H2,1H3. The summed E-state index contributed by atoms with van der Waals surface area (Å²) in [5, 5.41) is 8.70. The lowest BCUT2D eigenvalue weighted by Gasteiger charge is -2.19. The molecule has 0 saturated carbocycles. The molecule has 19 heavy (non-hydrogen) atoms. The van der Waals surface area contributed by atoms with E-state index in [4.69, 9.17) is 5.26 Å². The Morgan fingerprint density at radius 2 is 1.89 bits per heavy atom. The highest BCUT2D eigenvalue weighted by Crippen LogP contribution is 2.17. The van der Waals surface area contributed by atoms with Crippen LogP contribution in [0.3, 0.4) is 0 Å². The Labute approximate surface area is 112 Å². The zero-order valence-electron chi connectivity index (χ0n) is 10.8. The molecule has 0 aliphatic heterocycles. The molecule has 96 valence electrons. The molecule has 2 nitrogen and oxygen atoms in total. The number of hydrogen-bond donors (Lipinski definition) is 0. The number of nitriles is 1. The van der Waals surface area contributed by atoms with Gasteiger partial charge in [-0.2, -0.15) is 5.26 Å². The number of rotatable bonds is 4. The van der Waals surface area contributed by atoms with E-state index in [-0.39, 0.29) is 5.56 Å². The third kappa shape index (κ3) is 3.32. The Balaban J connectivity index is 2.02. The summed E-state index contributed by atoms with van der Waals surface area (Å²) in [6.45, 7) is 0.801. The number of hydrogen-bond acceptors (Lipinski definition) is 2. The maximum atomic E-state index is 13.5. The molecule has 2 aromatic carbocycles. The minimum atomic E-state index is -0.466. The largest absolute Gasteiger partial charge is 0.374 e. The Morgan fingerprint density at radius 1 is 1.16 bits per heavy atom. The van der Waals surface area contributed by atoms with E-state index in [2.05, 4.69) is 12.1 Å². The first-order valence-corrected chi connectivity index (χ1v) is 6.15. The van der Waals surface area contributed by atoms with Crippen molar-refractivity contribution >= 4 is 5.69 Å². The fourth-order valence-electron chi connectivity index (χ4n) is 1.90. The number of benzene rings is 2. The summed E-state index contributed by atoms with van der Waals surface area (Å²) < 4.78 is 13.5. The molecule has 0 N–H and O–H groups in total. The summed E-state index contributed by atoms with van der Waals surface area (Å²) in [6, 6.07) is 16.7. The highest BCUT2D eigenvalue weighted by atomic mass is 19.1. The van der Waals surface area contributed by atoms with Crippen LogP contribution in [0.5, 0.6) is 0 Å². The first-order valence-electron chi connectivity index (χ1n) is 6.15. The lowest BCUT2D eigenvalue weighted by molar-refractivity contribution is 0.623. The van der Waals surface area contributed by atoms with Gasteiger partial charge in [0.05, 0.1) is 5.56 Å². The van der Waals surface area contributed by atoms with Gasteiger partial charge in [-0.25, -0.2) is 4.39 Å². The van der Waals surface area contributed by atoms with Gasteiger partial charge < -0.3 is 4.90 Å². The minimum absolute atomic E-state index is 0.0835. The van der Waals surface area contributed by atoms with Crippen LogP contribution >= 0.6 is 0 Å². The first-order chi connectivity index (χ1) is 9.20. The Bertz CT molecular complexity index is 587. The molecule has 0 amide bonds. The third-order valence-corrected chi connectivity index (χ3v) is 3.09. The van der Waals surface area contributed by atoms with Gasteiger partial charge in [0.1, 0.15) is 11.9 Å². The summed E-state index contributed by atoms with van der Waals surface area (Å²) in [4.78, 5) is 1.98. The predicted molar refractivity (Wildman–Crippen MR) is 74.5 cm³/mol. The van der Waals surface area contributed by atoms with Gasteiger partial charge in [-0.05, 0) is 30.2 Å². The van der Waals surface area contributed by atoms with Crippen molar-refractivity contribution in [1.82, 2.24) is 0 Å². The third-order valence-electron chi connectivity index (χ3n) is 3.09. The van der Waals surface area contributed by atoms with Crippen molar-refractivity contribution in [2.45, 2.75) is 6.42 Å². The summed E-state index contributed by atoms with van der Waals surface area (Å²) >= 11 is 0. The molecule has 0 atom stereocenters. The van der Waals surface area contributed by atoms with Crippen LogP contribution in [-0.4, -0.2) is 13.6 Å². The molecular weight excluding hydrogens is 239 g/mol. The molecule has 0 aliphatic carbocycles. The van der Waals surface area contributed by atoms with Gasteiger partial charge in [0.25, 0.3) is 0 Å². The Hall–Kier alpha value is -2.34. The van der Waals surface area contributed by atoms with E-state index in [0.717, 1.165) is 18.7 Å². The fraction of sp³-hybridized carbons (Fsp3) is 0.188. The minimum Gasteiger partial charge on any atom is -0.374 e. The molecular formula is C16H15FN2. The molecule has 0 aromatic heterocycles. The molecule has 0 heterocycles. The van der Waals surface area contributed by atoms with Crippen molar-refractivity contribution < 1.29 is 4.39 Å². The second-order valence-electron chi connectivity index (χ2n) is 4.43. The molecule has 0 spiro atoms. The van der Waals surface area contributed by atoms with Crippen LogP contribution in [0.1, 0.15) is 11.1 Å². The van der Waals surface area contributed by atoms with Crippen molar-refractivity contribution in [3.8, 4) is 6.07 Å². The van der Waals surface area contributed by atoms with E-state index in [1.54, 1.807) is 6.07 Å². The first kappa shape index (κ1) is 13.1. The average molecular weight is 254 g/mol. The second kappa shape index (κ2) is 6.01. The van der Waals surface area contributed by atoms with E-state index in [9.17, 15) is 4.39 Å². The zero-order chi connectivity index (χ0) is 13.7. The number of halogens is 1. The number of anilines is 1. The van der Waals surface area contributed by atoms with Crippen molar-refractivity contribution in [2.75, 3.05) is 18.5 Å². The van der Waals surface area contributed by atoms with Crippen molar-refractivity contribution in [2.24, 2.45) is 0 Å². The highest BCUT2D eigenvalue weighted by Gasteiger charge is 2.06. The predicted octanol–water partition coefficient (Wildman–Crippen LogP) is 3.38. The van der Waals surface area contributed by atoms with Gasteiger partial charge in [0.2, 0.25) is 0 Å². The summed E-state index contributed by atoms with van der Waals surface area (Å²) in [5.74, 6) is -0.466. The molecule has 2 rings (SSSR count). The maximum absolute atomic E-state index is 13.5. The van der Waals surface area contributed by atoms with Crippen LogP contribution in [0.4, 0.5) is 10.1 Å². The topological polar surface area (TPSA) is 27.0 Å². The molecule has 0 bridgehead atoms. The molecule has 3 heteroatoms. The summed E-state index contributed by atoms with van der Waals surface area (Å²) in [6.07, 6.45) is 0.902. The monoisotopic (exact) mass is 254 g/mol. The van der Waals surface area contributed by atoms with E-state index in [1.807, 2.05) is 36.2 Å². The quantitative estimate of drug-likeness (QED) is 0.836. The van der Waals surface area contributed by atoms with E-state index < -0.39 is 5.82 Å². The lowest BCUT2D eigenvalue weighted by atomic mass is 10.1. The van der Waals surface area contributed by atoms with Gasteiger partial charge in [0.15, 0.2) is 0 Å². The summed E-state index contributed by atoms with van der Waals surface area (Å²) in [5.41, 5.74) is 2.12. The van der Waals surface area contributed by atoms with E-state index >= 15 is 0 Å². The van der Waals surface area contributed by atoms with Crippen LogP contribution in [-0.2, 0) is 6.42 Å².